The van der Waals surface area contributed by atoms with E-state index in [9.17, 15) is 0 Å². The van der Waals surface area contributed by atoms with Crippen molar-refractivity contribution in [2.75, 3.05) is 7.11 Å². The van der Waals surface area contributed by atoms with Gasteiger partial charge < -0.3 is 10.5 Å². The zero-order chi connectivity index (χ0) is 15.8. The third kappa shape index (κ3) is 11.6. The molecule has 0 spiro atoms. The lowest BCUT2D eigenvalue weighted by molar-refractivity contribution is 0.123. The van der Waals surface area contributed by atoms with Crippen LogP contribution in [0.5, 0.6) is 0 Å². The summed E-state index contributed by atoms with van der Waals surface area (Å²) in [5.74, 6) is 0. The number of ether oxygens (including phenoxy) is 1. The second-order valence-electron chi connectivity index (χ2n) is 3.42. The lowest BCUT2D eigenvalue weighted by atomic mass is 10.2. The predicted octanol–water partition coefficient (Wildman–Crippen LogP) is 2.55. The van der Waals surface area contributed by atoms with Crippen LogP contribution in [0.2, 0.25) is 0 Å². The van der Waals surface area contributed by atoms with Crippen LogP contribution in [-0.2, 0) is 4.74 Å². The van der Waals surface area contributed by atoms with Gasteiger partial charge in [0, 0.05) is 13.2 Å². The molecular weight excluding hydrogens is 258 g/mol. The molecule has 0 aliphatic rings. The fraction of sp³-hybridized carbons (Fsp3) is 0.211. The molecule has 0 rings (SSSR count). The van der Waals surface area contributed by atoms with E-state index in [-0.39, 0.29) is 12.1 Å². The van der Waals surface area contributed by atoms with Crippen molar-refractivity contribution in [3.05, 3.63) is 87.2 Å². The number of nitrogens with two attached hydrogens (primary N) is 1. The van der Waals surface area contributed by atoms with Crippen LogP contribution in [0.15, 0.2) is 87.2 Å². The van der Waals surface area contributed by atoms with Crippen LogP contribution in [0.25, 0.3) is 0 Å². The van der Waals surface area contributed by atoms with Gasteiger partial charge in [-0.1, -0.05) is 11.5 Å². The highest BCUT2D eigenvalue weighted by molar-refractivity contribution is 4.95. The van der Waals surface area contributed by atoms with Crippen LogP contribution in [-0.4, -0.2) is 19.3 Å². The molecule has 0 unspecified atom stereocenters. The number of hydrogen-bond acceptors (Lipinski definition) is 2. The zero-order valence-electron chi connectivity index (χ0n) is 11.9. The van der Waals surface area contributed by atoms with Gasteiger partial charge in [0.15, 0.2) is 0 Å². The monoisotopic (exact) mass is 271 g/mol. The Hall–Kier alpha value is -3.20. The van der Waals surface area contributed by atoms with Crippen LogP contribution in [0.4, 0.5) is 0 Å². The molecule has 0 heterocycles. The summed E-state index contributed by atoms with van der Waals surface area (Å²) < 4.78 is 5.11. The van der Waals surface area contributed by atoms with Crippen molar-refractivity contribution in [3.8, 4) is 0 Å². The van der Waals surface area contributed by atoms with Crippen molar-refractivity contribution in [1.82, 2.24) is 0 Å². The zero-order valence-corrected chi connectivity index (χ0v) is 11.9. The van der Waals surface area contributed by atoms with Crippen molar-refractivity contribution >= 4 is 0 Å². The van der Waals surface area contributed by atoms with E-state index in [1.54, 1.807) is 13.2 Å². The summed E-state index contributed by atoms with van der Waals surface area (Å²) in [5.41, 5.74) is 38.5. The molecule has 0 saturated heterocycles. The molecule has 0 aromatic rings. The van der Waals surface area contributed by atoms with E-state index in [1.165, 1.54) is 0 Å². The van der Waals surface area contributed by atoms with Gasteiger partial charge in [0.1, 0.15) is 0 Å². The van der Waals surface area contributed by atoms with E-state index in [0.717, 1.165) is 0 Å². The average Bonchev–Trinajstić information content (AvgIpc) is 2.47. The van der Waals surface area contributed by atoms with E-state index >= 15 is 0 Å². The normalized spacial score (nSPS) is 9.10. The number of rotatable bonds is 3. The Balaban J connectivity index is 5.43. The molecular formula is C19H13NO. The molecule has 0 aliphatic heterocycles. The second-order valence-corrected chi connectivity index (χ2v) is 3.42. The highest BCUT2D eigenvalue weighted by Gasteiger charge is 2.06. The molecule has 0 bridgehead atoms. The van der Waals surface area contributed by atoms with Gasteiger partial charge >= 0.3 is 0 Å². The molecule has 2 heteroatoms. The third-order valence-electron chi connectivity index (χ3n) is 1.82. The van der Waals surface area contributed by atoms with Crippen LogP contribution < -0.4 is 5.73 Å². The van der Waals surface area contributed by atoms with Crippen LogP contribution in [0.3, 0.4) is 0 Å². The van der Waals surface area contributed by atoms with E-state index in [0.29, 0.717) is 0 Å². The van der Waals surface area contributed by atoms with Crippen LogP contribution in [0.1, 0.15) is 6.92 Å². The average molecular weight is 271 g/mol. The van der Waals surface area contributed by atoms with Crippen molar-refractivity contribution in [2.45, 2.75) is 19.1 Å². The summed E-state index contributed by atoms with van der Waals surface area (Å²) >= 11 is 0. The molecule has 2 N–H and O–H groups in total. The molecule has 0 aliphatic carbocycles. The van der Waals surface area contributed by atoms with E-state index in [2.05, 4.69) is 81.1 Å². The summed E-state index contributed by atoms with van der Waals surface area (Å²) in [6, 6.07) is -0.123. The maximum atomic E-state index is 5.67. The highest BCUT2D eigenvalue weighted by Crippen LogP contribution is 1.94. The lowest BCUT2D eigenvalue weighted by Crippen LogP contribution is -2.31. The molecule has 0 amide bonds. The summed E-state index contributed by atoms with van der Waals surface area (Å²) in [6.07, 6.45) is 1.45. The van der Waals surface area contributed by atoms with Gasteiger partial charge in [-0.05, 0) is 82.6 Å². The van der Waals surface area contributed by atoms with Crippen molar-refractivity contribution in [2.24, 2.45) is 5.73 Å². The van der Waals surface area contributed by atoms with Gasteiger partial charge in [-0.2, -0.15) is 0 Å². The second kappa shape index (κ2) is 13.2. The minimum Gasteiger partial charge on any atom is -0.375 e. The Morgan fingerprint density at radius 2 is 1.29 bits per heavy atom. The largest absolute Gasteiger partial charge is 0.375 e. The first-order chi connectivity index (χ1) is 10.2. The Kier molecular flexibility index (Phi) is 11.2. The minimum absolute atomic E-state index is 0.123. The van der Waals surface area contributed by atoms with Gasteiger partial charge in [-0.15, -0.1) is 0 Å². The van der Waals surface area contributed by atoms with E-state index < -0.39 is 0 Å². The Labute approximate surface area is 124 Å². The number of hydrogen-bond donors (Lipinski definition) is 1. The standard InChI is InChI=1S/C19H13NO/c1-4-5-6-7-8-9-10-11-12-13-14-15-16-17-19(21-3)18(2)20/h17-19H,1,20H2,2-3H3/t18-,19-/m0/s1. The first-order valence-electron chi connectivity index (χ1n) is 5.86. The van der Waals surface area contributed by atoms with Crippen LogP contribution >= 0.6 is 0 Å². The maximum absolute atomic E-state index is 5.67. The van der Waals surface area contributed by atoms with Gasteiger partial charge in [0.25, 0.3) is 0 Å². The quantitative estimate of drug-likeness (QED) is 0.801. The Morgan fingerprint density at radius 1 is 0.857 bits per heavy atom. The maximum Gasteiger partial charge on any atom is 0.0980 e. The Bertz CT molecular complexity index is 838. The van der Waals surface area contributed by atoms with Crippen molar-refractivity contribution < 1.29 is 4.74 Å². The first kappa shape index (κ1) is 17.8. The highest BCUT2D eigenvalue weighted by atomic mass is 16.5. The lowest BCUT2D eigenvalue weighted by Gasteiger charge is -2.12. The van der Waals surface area contributed by atoms with Crippen molar-refractivity contribution in [3.63, 3.8) is 0 Å². The summed E-state index contributed by atoms with van der Waals surface area (Å²) in [4.78, 5) is 0. The fourth-order valence-corrected chi connectivity index (χ4v) is 0.920. The molecule has 0 aromatic carbocycles. The summed E-state index contributed by atoms with van der Waals surface area (Å²) in [6.45, 7) is 5.15. The molecule has 100 valence electrons. The molecule has 2 nitrogen and oxygen atoms in total. The topological polar surface area (TPSA) is 35.2 Å². The molecule has 0 radical (unpaired) electrons. The van der Waals surface area contributed by atoms with Crippen molar-refractivity contribution in [1.29, 1.82) is 0 Å². The third-order valence-corrected chi connectivity index (χ3v) is 1.82. The van der Waals surface area contributed by atoms with E-state index in [4.69, 9.17) is 10.5 Å². The smallest absolute Gasteiger partial charge is 0.0980 e. The molecule has 0 fully saturated rings. The van der Waals surface area contributed by atoms with E-state index in [1.807, 2.05) is 6.92 Å². The first-order valence-corrected chi connectivity index (χ1v) is 5.86. The molecule has 0 aromatic heterocycles. The van der Waals surface area contributed by atoms with Gasteiger partial charge in [0.05, 0.1) is 6.10 Å². The summed E-state index contributed by atoms with van der Waals surface area (Å²) in [5, 5.41) is 0. The van der Waals surface area contributed by atoms with Crippen LogP contribution in [0, 0.1) is 0 Å². The van der Waals surface area contributed by atoms with Gasteiger partial charge in [-0.25, -0.2) is 0 Å². The molecule has 0 saturated carbocycles. The predicted molar refractivity (Wildman–Crippen MR) is 80.3 cm³/mol. The fourth-order valence-electron chi connectivity index (χ4n) is 0.920. The molecule has 2 atom stereocenters. The van der Waals surface area contributed by atoms with Gasteiger partial charge in [-0.3, -0.25) is 0 Å². The Morgan fingerprint density at radius 3 is 1.67 bits per heavy atom. The van der Waals surface area contributed by atoms with Gasteiger partial charge in [0.2, 0.25) is 0 Å². The molecule has 21 heavy (non-hydrogen) atoms. The summed E-state index contributed by atoms with van der Waals surface area (Å²) in [7, 11) is 1.58. The SMILES string of the molecule is C=C=C=C=C=C=C=C=C=C=C=C=C=C=C[C@H](OC)[C@H](C)N. The number of methoxy groups -OCH3 is 1. The minimum atomic E-state index is -0.211.